The first-order valence-electron chi connectivity index (χ1n) is 7.88. The Bertz CT molecular complexity index is 645. The zero-order valence-corrected chi connectivity index (χ0v) is 14.8. The van der Waals surface area contributed by atoms with Crippen molar-refractivity contribution in [2.45, 2.75) is 36.3 Å². The van der Waals surface area contributed by atoms with Crippen LogP contribution in [0.4, 0.5) is 0 Å². The van der Waals surface area contributed by atoms with E-state index < -0.39 is 10.0 Å². The van der Waals surface area contributed by atoms with Crippen LogP contribution in [0, 0.1) is 0 Å². The number of ether oxygens (including phenoxy) is 2. The number of methoxy groups -OCH3 is 1. The normalized spacial score (nSPS) is 21.4. The molecule has 1 aromatic rings. The van der Waals surface area contributed by atoms with Gasteiger partial charge < -0.3 is 14.8 Å². The second-order valence-corrected chi connectivity index (χ2v) is 7.55. The molecule has 1 fully saturated rings. The van der Waals surface area contributed by atoms with Crippen LogP contribution in [0.1, 0.15) is 18.4 Å². The molecule has 2 rings (SSSR count). The standard InChI is InChI=1S/C16H24N2O5S/c1-17-24(20,21)13-6-3-12(4-7-13)5-8-16(19)18-14-11-23-10-9-15(14)22-2/h3-4,6-7,14-15,17H,5,8-11H2,1-2H3,(H,18,19)/t14-,15-/m1/s1. The van der Waals surface area contributed by atoms with Gasteiger partial charge in [0.15, 0.2) is 0 Å². The number of nitrogens with one attached hydrogen (secondary N) is 2. The minimum atomic E-state index is -3.43. The van der Waals surface area contributed by atoms with Gasteiger partial charge in [0.05, 0.1) is 23.6 Å². The third kappa shape index (κ3) is 5.01. The number of benzene rings is 1. The van der Waals surface area contributed by atoms with Gasteiger partial charge in [0.1, 0.15) is 0 Å². The predicted octanol–water partition coefficient (Wildman–Crippen LogP) is 0.447. The van der Waals surface area contributed by atoms with E-state index in [1.165, 1.54) is 19.2 Å². The molecule has 0 aromatic heterocycles. The molecule has 0 aliphatic carbocycles. The molecule has 1 amide bonds. The number of hydrogen-bond acceptors (Lipinski definition) is 5. The van der Waals surface area contributed by atoms with Crippen molar-refractivity contribution in [1.82, 2.24) is 10.0 Å². The molecule has 134 valence electrons. The predicted molar refractivity (Wildman–Crippen MR) is 89.2 cm³/mol. The molecule has 2 atom stereocenters. The van der Waals surface area contributed by atoms with Crippen molar-refractivity contribution in [3.8, 4) is 0 Å². The third-order valence-electron chi connectivity index (χ3n) is 4.09. The van der Waals surface area contributed by atoms with Crippen LogP contribution in [0.25, 0.3) is 0 Å². The van der Waals surface area contributed by atoms with E-state index in [0.29, 0.717) is 26.1 Å². The van der Waals surface area contributed by atoms with Gasteiger partial charge in [-0.3, -0.25) is 4.79 Å². The van der Waals surface area contributed by atoms with Crippen LogP contribution in [-0.2, 0) is 30.7 Å². The Labute approximate surface area is 142 Å². The zero-order valence-electron chi connectivity index (χ0n) is 13.9. The quantitative estimate of drug-likeness (QED) is 0.740. The number of rotatable bonds is 7. The van der Waals surface area contributed by atoms with Crippen molar-refractivity contribution < 1.29 is 22.7 Å². The maximum atomic E-state index is 12.1. The molecule has 1 saturated heterocycles. The molecule has 1 heterocycles. The van der Waals surface area contributed by atoms with E-state index in [0.717, 1.165) is 12.0 Å². The lowest BCUT2D eigenvalue weighted by Gasteiger charge is -2.31. The van der Waals surface area contributed by atoms with Gasteiger partial charge in [-0.25, -0.2) is 13.1 Å². The lowest BCUT2D eigenvalue weighted by Crippen LogP contribution is -2.50. The minimum Gasteiger partial charge on any atom is -0.379 e. The molecule has 24 heavy (non-hydrogen) atoms. The van der Waals surface area contributed by atoms with Gasteiger partial charge in [-0.2, -0.15) is 0 Å². The zero-order chi connectivity index (χ0) is 17.6. The van der Waals surface area contributed by atoms with Crippen LogP contribution < -0.4 is 10.0 Å². The summed E-state index contributed by atoms with van der Waals surface area (Å²) in [4.78, 5) is 12.3. The monoisotopic (exact) mass is 356 g/mol. The van der Waals surface area contributed by atoms with E-state index >= 15 is 0 Å². The van der Waals surface area contributed by atoms with E-state index in [1.807, 2.05) is 0 Å². The van der Waals surface area contributed by atoms with Gasteiger partial charge in [0.2, 0.25) is 15.9 Å². The van der Waals surface area contributed by atoms with Crippen molar-refractivity contribution in [3.05, 3.63) is 29.8 Å². The van der Waals surface area contributed by atoms with Gasteiger partial charge in [-0.05, 0) is 37.6 Å². The molecule has 1 aromatic carbocycles. The Morgan fingerprint density at radius 3 is 2.67 bits per heavy atom. The number of amides is 1. The van der Waals surface area contributed by atoms with Crippen molar-refractivity contribution in [3.63, 3.8) is 0 Å². The molecule has 7 nitrogen and oxygen atoms in total. The smallest absolute Gasteiger partial charge is 0.240 e. The van der Waals surface area contributed by atoms with Crippen LogP contribution in [0.15, 0.2) is 29.2 Å². The highest BCUT2D eigenvalue weighted by Gasteiger charge is 2.26. The van der Waals surface area contributed by atoms with Crippen molar-refractivity contribution in [2.24, 2.45) is 0 Å². The summed E-state index contributed by atoms with van der Waals surface area (Å²) in [6.07, 6.45) is 1.61. The molecular formula is C16H24N2O5S. The second kappa shape index (κ2) is 8.57. The Morgan fingerprint density at radius 2 is 2.04 bits per heavy atom. The Morgan fingerprint density at radius 1 is 1.33 bits per heavy atom. The molecule has 0 bridgehead atoms. The molecule has 0 spiro atoms. The first-order chi connectivity index (χ1) is 11.5. The maximum absolute atomic E-state index is 12.1. The Kier molecular flexibility index (Phi) is 6.73. The van der Waals surface area contributed by atoms with Crippen LogP contribution in [-0.4, -0.2) is 53.8 Å². The van der Waals surface area contributed by atoms with Crippen LogP contribution in [0.5, 0.6) is 0 Å². The Hall–Kier alpha value is -1.48. The first kappa shape index (κ1) is 18.9. The summed E-state index contributed by atoms with van der Waals surface area (Å²) in [5.41, 5.74) is 0.906. The van der Waals surface area contributed by atoms with E-state index in [1.54, 1.807) is 19.2 Å². The van der Waals surface area contributed by atoms with Gasteiger partial charge in [0, 0.05) is 20.1 Å². The van der Waals surface area contributed by atoms with Crippen molar-refractivity contribution in [2.75, 3.05) is 27.4 Å². The van der Waals surface area contributed by atoms with Gasteiger partial charge >= 0.3 is 0 Å². The number of carbonyl (C=O) groups is 1. The average Bonchev–Trinajstić information content (AvgIpc) is 2.61. The van der Waals surface area contributed by atoms with Crippen LogP contribution in [0.3, 0.4) is 0 Å². The molecule has 0 unspecified atom stereocenters. The van der Waals surface area contributed by atoms with Crippen LogP contribution >= 0.6 is 0 Å². The van der Waals surface area contributed by atoms with E-state index in [4.69, 9.17) is 9.47 Å². The summed E-state index contributed by atoms with van der Waals surface area (Å²) in [7, 11) is -0.426. The van der Waals surface area contributed by atoms with E-state index in [2.05, 4.69) is 10.0 Å². The number of hydrogen-bond donors (Lipinski definition) is 2. The van der Waals surface area contributed by atoms with E-state index in [-0.39, 0.29) is 22.9 Å². The molecule has 1 aliphatic heterocycles. The lowest BCUT2D eigenvalue weighted by molar-refractivity contribution is -0.125. The summed E-state index contributed by atoms with van der Waals surface area (Å²) in [6, 6.07) is 6.39. The lowest BCUT2D eigenvalue weighted by atomic mass is 10.1. The largest absolute Gasteiger partial charge is 0.379 e. The highest BCUT2D eigenvalue weighted by atomic mass is 32.2. The summed E-state index contributed by atoms with van der Waals surface area (Å²) >= 11 is 0. The fourth-order valence-electron chi connectivity index (χ4n) is 2.62. The van der Waals surface area contributed by atoms with Gasteiger partial charge in [0.25, 0.3) is 0 Å². The minimum absolute atomic E-state index is 0.0197. The molecule has 0 saturated carbocycles. The summed E-state index contributed by atoms with van der Waals surface area (Å²) in [6.45, 7) is 1.10. The summed E-state index contributed by atoms with van der Waals surface area (Å²) in [5.74, 6) is -0.0699. The Balaban J connectivity index is 1.85. The molecule has 0 radical (unpaired) electrons. The highest BCUT2D eigenvalue weighted by Crippen LogP contribution is 2.13. The summed E-state index contributed by atoms with van der Waals surface area (Å²) < 4.78 is 36.3. The average molecular weight is 356 g/mol. The first-order valence-corrected chi connectivity index (χ1v) is 9.37. The molecule has 8 heteroatoms. The van der Waals surface area contributed by atoms with Crippen molar-refractivity contribution in [1.29, 1.82) is 0 Å². The number of aryl methyl sites for hydroxylation is 1. The topological polar surface area (TPSA) is 93.7 Å². The second-order valence-electron chi connectivity index (χ2n) is 5.66. The molecule has 1 aliphatic rings. The fraction of sp³-hybridized carbons (Fsp3) is 0.562. The van der Waals surface area contributed by atoms with Gasteiger partial charge in [-0.15, -0.1) is 0 Å². The summed E-state index contributed by atoms with van der Waals surface area (Å²) in [5, 5.41) is 2.94. The SMILES string of the molecule is CNS(=O)(=O)c1ccc(CCC(=O)N[C@@H]2COCC[C@H]2OC)cc1. The van der Waals surface area contributed by atoms with Crippen molar-refractivity contribution >= 4 is 15.9 Å². The van der Waals surface area contributed by atoms with E-state index in [9.17, 15) is 13.2 Å². The number of carbonyl (C=O) groups excluding carboxylic acids is 1. The molecule has 2 N–H and O–H groups in total. The maximum Gasteiger partial charge on any atom is 0.240 e. The highest BCUT2D eigenvalue weighted by molar-refractivity contribution is 7.89. The fourth-order valence-corrected chi connectivity index (χ4v) is 3.36. The van der Waals surface area contributed by atoms with Crippen LogP contribution in [0.2, 0.25) is 0 Å². The third-order valence-corrected chi connectivity index (χ3v) is 5.52. The molecular weight excluding hydrogens is 332 g/mol. The number of sulfonamides is 1. The van der Waals surface area contributed by atoms with Gasteiger partial charge in [-0.1, -0.05) is 12.1 Å².